The molecule has 0 amide bonds. The van der Waals surface area contributed by atoms with E-state index in [2.05, 4.69) is 15.1 Å². The van der Waals surface area contributed by atoms with Gasteiger partial charge in [-0.25, -0.2) is 9.97 Å². The molecule has 0 saturated carbocycles. The van der Waals surface area contributed by atoms with Gasteiger partial charge in [0.25, 0.3) is 0 Å². The van der Waals surface area contributed by atoms with E-state index < -0.39 is 12.1 Å². The Morgan fingerprint density at radius 1 is 1.30 bits per heavy atom. The van der Waals surface area contributed by atoms with Crippen molar-refractivity contribution in [2.75, 3.05) is 18.0 Å². The highest BCUT2D eigenvalue weighted by Gasteiger charge is 2.41. The molecule has 0 aromatic carbocycles. The van der Waals surface area contributed by atoms with Crippen molar-refractivity contribution in [1.29, 1.82) is 0 Å². The first kappa shape index (κ1) is 14.4. The number of piperidine rings is 1. The number of nitrogens with two attached hydrogens (primary N) is 1. The summed E-state index contributed by atoms with van der Waals surface area (Å²) in [6.45, 7) is 0.559. The van der Waals surface area contributed by atoms with Gasteiger partial charge in [-0.05, 0) is 12.8 Å². The highest BCUT2D eigenvalue weighted by Crippen LogP contribution is 2.34. The molecule has 1 aromatic rings. The Labute approximate surface area is 113 Å². The quantitative estimate of drug-likeness (QED) is 0.371. The molecule has 1 aliphatic heterocycles. The van der Waals surface area contributed by atoms with E-state index in [1.165, 1.54) is 12.4 Å². The molecule has 110 valence electrons. The lowest BCUT2D eigenvalue weighted by Gasteiger charge is -2.33. The van der Waals surface area contributed by atoms with Gasteiger partial charge in [-0.1, -0.05) is 5.16 Å². The third-order valence-electron chi connectivity index (χ3n) is 3.29. The van der Waals surface area contributed by atoms with Crippen molar-refractivity contribution in [2.24, 2.45) is 16.8 Å². The average Bonchev–Trinajstić information content (AvgIpc) is 2.46. The molecule has 1 fully saturated rings. The van der Waals surface area contributed by atoms with Crippen molar-refractivity contribution in [3.8, 4) is 0 Å². The maximum Gasteiger partial charge on any atom is 0.391 e. The number of anilines is 1. The van der Waals surface area contributed by atoms with Crippen LogP contribution in [0.3, 0.4) is 0 Å². The average molecular weight is 289 g/mol. The Hall–Kier alpha value is -2.06. The van der Waals surface area contributed by atoms with Crippen LogP contribution in [0.25, 0.3) is 0 Å². The molecule has 0 atom stereocenters. The van der Waals surface area contributed by atoms with Gasteiger partial charge in [-0.2, -0.15) is 13.2 Å². The first-order valence-corrected chi connectivity index (χ1v) is 6.03. The van der Waals surface area contributed by atoms with Gasteiger partial charge in [0, 0.05) is 13.1 Å². The lowest BCUT2D eigenvalue weighted by molar-refractivity contribution is -0.179. The first-order chi connectivity index (χ1) is 9.41. The van der Waals surface area contributed by atoms with Crippen molar-refractivity contribution in [1.82, 2.24) is 9.97 Å². The molecule has 0 bridgehead atoms. The second kappa shape index (κ2) is 5.51. The molecule has 1 aliphatic rings. The van der Waals surface area contributed by atoms with E-state index in [-0.39, 0.29) is 37.5 Å². The van der Waals surface area contributed by atoms with E-state index in [4.69, 9.17) is 10.9 Å². The largest absolute Gasteiger partial charge is 0.409 e. The standard InChI is InChI=1S/C11H14F3N5O/c12-11(13,14)7-1-3-19(4-2-7)9-6-16-8(5-17-9)10(15)18-20/h5-7,20H,1-4H2,(H2,15,18). The molecule has 3 N–H and O–H groups in total. The molecule has 0 spiro atoms. The predicted octanol–water partition coefficient (Wildman–Crippen LogP) is 1.35. The Bertz CT molecular complexity index is 480. The van der Waals surface area contributed by atoms with Crippen LogP contribution >= 0.6 is 0 Å². The van der Waals surface area contributed by atoms with Gasteiger partial charge >= 0.3 is 6.18 Å². The second-order valence-electron chi connectivity index (χ2n) is 4.55. The number of aromatic nitrogens is 2. The zero-order valence-electron chi connectivity index (χ0n) is 10.5. The summed E-state index contributed by atoms with van der Waals surface area (Å²) in [5.74, 6) is -0.928. The van der Waals surface area contributed by atoms with Crippen molar-refractivity contribution in [3.63, 3.8) is 0 Å². The van der Waals surface area contributed by atoms with Crippen LogP contribution in [0, 0.1) is 5.92 Å². The molecule has 1 aromatic heterocycles. The molecule has 0 aliphatic carbocycles. The van der Waals surface area contributed by atoms with Crippen LogP contribution < -0.4 is 10.6 Å². The lowest BCUT2D eigenvalue weighted by Crippen LogP contribution is -2.39. The van der Waals surface area contributed by atoms with Gasteiger partial charge in [0.2, 0.25) is 0 Å². The van der Waals surface area contributed by atoms with Crippen LogP contribution in [0.2, 0.25) is 0 Å². The SMILES string of the molecule is NC(=NO)c1cnc(N2CCC(C(F)(F)F)CC2)cn1. The van der Waals surface area contributed by atoms with E-state index in [0.29, 0.717) is 5.82 Å². The zero-order chi connectivity index (χ0) is 14.8. The van der Waals surface area contributed by atoms with E-state index in [1.807, 2.05) is 0 Å². The van der Waals surface area contributed by atoms with Gasteiger partial charge < -0.3 is 15.8 Å². The van der Waals surface area contributed by atoms with Crippen molar-refractivity contribution in [3.05, 3.63) is 18.1 Å². The van der Waals surface area contributed by atoms with E-state index in [0.717, 1.165) is 0 Å². The number of halogens is 3. The summed E-state index contributed by atoms with van der Waals surface area (Å²) >= 11 is 0. The van der Waals surface area contributed by atoms with E-state index in [9.17, 15) is 13.2 Å². The number of rotatable bonds is 2. The summed E-state index contributed by atoms with van der Waals surface area (Å²) < 4.78 is 37.7. The van der Waals surface area contributed by atoms with Crippen LogP contribution in [-0.4, -0.2) is 40.3 Å². The number of oxime groups is 1. The zero-order valence-corrected chi connectivity index (χ0v) is 10.5. The van der Waals surface area contributed by atoms with Gasteiger partial charge in [0.15, 0.2) is 5.84 Å². The maximum absolute atomic E-state index is 12.6. The molecular formula is C11H14F3N5O. The van der Waals surface area contributed by atoms with Gasteiger partial charge in [0.1, 0.15) is 11.5 Å². The Kier molecular flexibility index (Phi) is 3.96. The van der Waals surface area contributed by atoms with E-state index in [1.54, 1.807) is 4.90 Å². The predicted molar refractivity (Wildman–Crippen MR) is 65.5 cm³/mol. The molecule has 0 unspecified atom stereocenters. The maximum atomic E-state index is 12.6. The van der Waals surface area contributed by atoms with Crippen molar-refractivity contribution in [2.45, 2.75) is 19.0 Å². The number of nitrogens with zero attached hydrogens (tertiary/aromatic N) is 4. The molecule has 6 nitrogen and oxygen atoms in total. The highest BCUT2D eigenvalue weighted by atomic mass is 19.4. The normalized spacial score (nSPS) is 18.4. The Balaban J connectivity index is 2.01. The fraction of sp³-hybridized carbons (Fsp3) is 0.545. The smallest absolute Gasteiger partial charge is 0.391 e. The summed E-state index contributed by atoms with van der Waals surface area (Å²) in [7, 11) is 0. The number of alkyl halides is 3. The molecule has 2 heterocycles. The third-order valence-corrected chi connectivity index (χ3v) is 3.29. The summed E-state index contributed by atoms with van der Waals surface area (Å²) in [6, 6.07) is 0. The lowest BCUT2D eigenvalue weighted by atomic mass is 9.96. The fourth-order valence-electron chi connectivity index (χ4n) is 2.10. The number of amidine groups is 1. The number of hydrogen-bond acceptors (Lipinski definition) is 5. The minimum atomic E-state index is -4.13. The minimum Gasteiger partial charge on any atom is -0.409 e. The van der Waals surface area contributed by atoms with Crippen LogP contribution in [0.4, 0.5) is 19.0 Å². The van der Waals surface area contributed by atoms with Crippen molar-refractivity contribution < 1.29 is 18.4 Å². The molecular weight excluding hydrogens is 275 g/mol. The Morgan fingerprint density at radius 3 is 2.40 bits per heavy atom. The van der Waals surface area contributed by atoms with Crippen molar-refractivity contribution >= 4 is 11.7 Å². The first-order valence-electron chi connectivity index (χ1n) is 6.03. The van der Waals surface area contributed by atoms with Gasteiger partial charge in [0.05, 0.1) is 18.3 Å². The molecule has 9 heteroatoms. The molecule has 0 radical (unpaired) electrons. The highest BCUT2D eigenvalue weighted by molar-refractivity contribution is 5.94. The van der Waals surface area contributed by atoms with Crippen LogP contribution in [-0.2, 0) is 0 Å². The monoisotopic (exact) mass is 289 g/mol. The van der Waals surface area contributed by atoms with Crippen LogP contribution in [0.1, 0.15) is 18.5 Å². The van der Waals surface area contributed by atoms with Crippen LogP contribution in [0.5, 0.6) is 0 Å². The summed E-state index contributed by atoms with van der Waals surface area (Å²) in [6.07, 6.45) is -1.31. The fourth-order valence-corrected chi connectivity index (χ4v) is 2.10. The van der Waals surface area contributed by atoms with E-state index >= 15 is 0 Å². The summed E-state index contributed by atoms with van der Waals surface area (Å²) in [5.41, 5.74) is 5.56. The third kappa shape index (κ3) is 3.09. The van der Waals surface area contributed by atoms with Gasteiger partial charge in [-0.3, -0.25) is 0 Å². The summed E-state index contributed by atoms with van der Waals surface area (Å²) in [4.78, 5) is 9.76. The topological polar surface area (TPSA) is 87.6 Å². The van der Waals surface area contributed by atoms with Gasteiger partial charge in [-0.15, -0.1) is 0 Å². The molecule has 2 rings (SSSR count). The Morgan fingerprint density at radius 2 is 1.95 bits per heavy atom. The minimum absolute atomic E-state index is 0.0488. The number of hydrogen-bond donors (Lipinski definition) is 2. The summed E-state index contributed by atoms with van der Waals surface area (Å²) in [5, 5.41) is 11.3. The molecule has 20 heavy (non-hydrogen) atoms. The molecule has 1 saturated heterocycles. The van der Waals surface area contributed by atoms with Crippen LogP contribution in [0.15, 0.2) is 17.5 Å². The second-order valence-corrected chi connectivity index (χ2v) is 4.55.